The molecule has 14 heavy (non-hydrogen) atoms. The summed E-state index contributed by atoms with van der Waals surface area (Å²) in [6.45, 7) is 2.58. The molecule has 1 amide bonds. The van der Waals surface area contributed by atoms with E-state index in [9.17, 15) is 4.79 Å². The molecule has 0 aliphatic carbocycles. The Morgan fingerprint density at radius 2 is 2.00 bits per heavy atom. The van der Waals surface area contributed by atoms with Crippen LogP contribution in [-0.4, -0.2) is 31.7 Å². The lowest BCUT2D eigenvalue weighted by molar-refractivity contribution is -0.122. The third-order valence-electron chi connectivity index (χ3n) is 3.41. The van der Waals surface area contributed by atoms with Crippen molar-refractivity contribution in [1.29, 1.82) is 0 Å². The van der Waals surface area contributed by atoms with Crippen LogP contribution in [0.2, 0.25) is 0 Å². The van der Waals surface area contributed by atoms with Crippen LogP contribution in [0.3, 0.4) is 0 Å². The van der Waals surface area contributed by atoms with E-state index >= 15 is 0 Å². The molecule has 2 fully saturated rings. The zero-order valence-electron chi connectivity index (χ0n) is 8.37. The van der Waals surface area contributed by atoms with Gasteiger partial charge in [0.05, 0.1) is 5.92 Å². The molecule has 0 aromatic carbocycles. The van der Waals surface area contributed by atoms with Crippen LogP contribution in [0.25, 0.3) is 0 Å². The number of nitrogens with one attached hydrogen (secondary N) is 1. The summed E-state index contributed by atoms with van der Waals surface area (Å²) < 4.78 is 5.31. The molecule has 0 bridgehead atoms. The van der Waals surface area contributed by atoms with Crippen LogP contribution in [0.4, 0.5) is 0 Å². The van der Waals surface area contributed by atoms with Crippen LogP contribution in [0.1, 0.15) is 19.3 Å². The second kappa shape index (κ2) is 4.28. The highest BCUT2D eigenvalue weighted by Gasteiger charge is 2.37. The molecule has 2 saturated heterocycles. The zero-order chi connectivity index (χ0) is 9.97. The van der Waals surface area contributed by atoms with Crippen molar-refractivity contribution in [1.82, 2.24) is 5.32 Å². The number of carbonyl (C=O) groups excluding carboxylic acids is 1. The number of rotatable bonds is 2. The summed E-state index contributed by atoms with van der Waals surface area (Å²) >= 11 is 0. The largest absolute Gasteiger partial charge is 0.381 e. The van der Waals surface area contributed by atoms with Gasteiger partial charge in [-0.05, 0) is 31.7 Å². The van der Waals surface area contributed by atoms with Gasteiger partial charge < -0.3 is 15.8 Å². The fourth-order valence-corrected chi connectivity index (χ4v) is 2.62. The molecule has 0 saturated carbocycles. The SMILES string of the molecule is NC(=O)C1CCNC1C1CCOCC1. The van der Waals surface area contributed by atoms with Crippen molar-refractivity contribution in [2.75, 3.05) is 19.8 Å². The summed E-state index contributed by atoms with van der Waals surface area (Å²) in [6, 6.07) is 0.302. The smallest absolute Gasteiger partial charge is 0.222 e. The second-order valence-corrected chi connectivity index (χ2v) is 4.23. The van der Waals surface area contributed by atoms with Gasteiger partial charge in [-0.15, -0.1) is 0 Å². The van der Waals surface area contributed by atoms with E-state index in [1.54, 1.807) is 0 Å². The highest BCUT2D eigenvalue weighted by molar-refractivity contribution is 5.77. The Morgan fingerprint density at radius 3 is 2.64 bits per heavy atom. The van der Waals surface area contributed by atoms with Gasteiger partial charge in [-0.2, -0.15) is 0 Å². The van der Waals surface area contributed by atoms with Crippen molar-refractivity contribution >= 4 is 5.91 Å². The standard InChI is InChI=1S/C10H18N2O2/c11-10(13)8-1-4-12-9(8)7-2-5-14-6-3-7/h7-9,12H,1-6H2,(H2,11,13). The van der Waals surface area contributed by atoms with E-state index in [-0.39, 0.29) is 11.8 Å². The van der Waals surface area contributed by atoms with E-state index in [0.717, 1.165) is 39.0 Å². The lowest BCUT2D eigenvalue weighted by Gasteiger charge is -2.30. The number of hydrogen-bond acceptors (Lipinski definition) is 3. The first kappa shape index (κ1) is 9.93. The molecule has 4 nitrogen and oxygen atoms in total. The van der Waals surface area contributed by atoms with Gasteiger partial charge in [0, 0.05) is 19.3 Å². The lowest BCUT2D eigenvalue weighted by Crippen LogP contribution is -2.42. The fourth-order valence-electron chi connectivity index (χ4n) is 2.62. The summed E-state index contributed by atoms with van der Waals surface area (Å²) in [6.07, 6.45) is 3.01. The van der Waals surface area contributed by atoms with E-state index in [1.165, 1.54) is 0 Å². The Balaban J connectivity index is 1.97. The number of hydrogen-bond donors (Lipinski definition) is 2. The molecule has 3 N–H and O–H groups in total. The van der Waals surface area contributed by atoms with Crippen LogP contribution < -0.4 is 11.1 Å². The van der Waals surface area contributed by atoms with Crippen molar-refractivity contribution in [3.05, 3.63) is 0 Å². The lowest BCUT2D eigenvalue weighted by atomic mass is 9.84. The van der Waals surface area contributed by atoms with Crippen LogP contribution >= 0.6 is 0 Å². The maximum Gasteiger partial charge on any atom is 0.222 e. The summed E-state index contributed by atoms with van der Waals surface area (Å²) in [5.41, 5.74) is 5.38. The summed E-state index contributed by atoms with van der Waals surface area (Å²) in [5.74, 6) is 0.466. The maximum absolute atomic E-state index is 11.2. The van der Waals surface area contributed by atoms with Gasteiger partial charge in [-0.25, -0.2) is 0 Å². The topological polar surface area (TPSA) is 64.4 Å². The summed E-state index contributed by atoms with van der Waals surface area (Å²) in [5, 5.41) is 3.40. The highest BCUT2D eigenvalue weighted by Crippen LogP contribution is 2.28. The molecule has 2 aliphatic heterocycles. The van der Waals surface area contributed by atoms with Crippen LogP contribution in [-0.2, 0) is 9.53 Å². The number of primary amides is 1. The minimum absolute atomic E-state index is 0.0399. The first-order valence-electron chi connectivity index (χ1n) is 5.39. The molecule has 2 heterocycles. The molecule has 0 aromatic rings. The van der Waals surface area contributed by atoms with Gasteiger partial charge in [-0.1, -0.05) is 0 Å². The Labute approximate surface area is 84.2 Å². The fraction of sp³-hybridized carbons (Fsp3) is 0.900. The molecule has 2 unspecified atom stereocenters. The molecular formula is C10H18N2O2. The van der Waals surface area contributed by atoms with Crippen LogP contribution in [0.5, 0.6) is 0 Å². The first-order valence-corrected chi connectivity index (χ1v) is 5.39. The Bertz CT molecular complexity index is 214. The maximum atomic E-state index is 11.2. The molecule has 0 radical (unpaired) electrons. The van der Waals surface area contributed by atoms with E-state index in [2.05, 4.69) is 5.32 Å². The zero-order valence-corrected chi connectivity index (χ0v) is 8.37. The molecular weight excluding hydrogens is 180 g/mol. The van der Waals surface area contributed by atoms with E-state index in [1.807, 2.05) is 0 Å². The van der Waals surface area contributed by atoms with Gasteiger partial charge in [-0.3, -0.25) is 4.79 Å². The molecule has 2 atom stereocenters. The van der Waals surface area contributed by atoms with Crippen molar-refractivity contribution in [3.63, 3.8) is 0 Å². The van der Waals surface area contributed by atoms with Gasteiger partial charge in [0.2, 0.25) is 5.91 Å². The minimum atomic E-state index is -0.147. The normalized spacial score (nSPS) is 34.6. The van der Waals surface area contributed by atoms with Crippen LogP contribution in [0, 0.1) is 11.8 Å². The van der Waals surface area contributed by atoms with Crippen molar-refractivity contribution in [2.45, 2.75) is 25.3 Å². The van der Waals surface area contributed by atoms with Gasteiger partial charge in [0.1, 0.15) is 0 Å². The van der Waals surface area contributed by atoms with Crippen LogP contribution in [0.15, 0.2) is 0 Å². The molecule has 2 rings (SSSR count). The Hall–Kier alpha value is -0.610. The first-order chi connectivity index (χ1) is 6.79. The Kier molecular flexibility index (Phi) is 3.03. The van der Waals surface area contributed by atoms with Crippen molar-refractivity contribution in [3.8, 4) is 0 Å². The second-order valence-electron chi connectivity index (χ2n) is 4.23. The third-order valence-corrected chi connectivity index (χ3v) is 3.41. The third kappa shape index (κ3) is 1.91. The van der Waals surface area contributed by atoms with Crippen molar-refractivity contribution in [2.24, 2.45) is 17.6 Å². The number of amides is 1. The summed E-state index contributed by atoms with van der Waals surface area (Å²) in [4.78, 5) is 11.2. The number of ether oxygens (including phenoxy) is 1. The predicted molar refractivity (Wildman–Crippen MR) is 52.6 cm³/mol. The molecule has 0 spiro atoms. The summed E-state index contributed by atoms with van der Waals surface area (Å²) in [7, 11) is 0. The Morgan fingerprint density at radius 1 is 1.29 bits per heavy atom. The molecule has 0 aromatic heterocycles. The quantitative estimate of drug-likeness (QED) is 0.650. The van der Waals surface area contributed by atoms with Crippen molar-refractivity contribution < 1.29 is 9.53 Å². The predicted octanol–water partition coefficient (Wildman–Crippen LogP) is -0.124. The molecule has 2 aliphatic rings. The van der Waals surface area contributed by atoms with E-state index < -0.39 is 0 Å². The van der Waals surface area contributed by atoms with Gasteiger partial charge in [0.25, 0.3) is 0 Å². The molecule has 80 valence electrons. The monoisotopic (exact) mass is 198 g/mol. The number of nitrogens with two attached hydrogens (primary N) is 1. The van der Waals surface area contributed by atoms with Gasteiger partial charge in [0.15, 0.2) is 0 Å². The van der Waals surface area contributed by atoms with E-state index in [4.69, 9.17) is 10.5 Å². The van der Waals surface area contributed by atoms with E-state index in [0.29, 0.717) is 12.0 Å². The number of carbonyl (C=O) groups is 1. The minimum Gasteiger partial charge on any atom is -0.381 e. The highest BCUT2D eigenvalue weighted by atomic mass is 16.5. The average Bonchev–Trinajstić information content (AvgIpc) is 2.67. The molecule has 4 heteroatoms. The average molecular weight is 198 g/mol. The van der Waals surface area contributed by atoms with Gasteiger partial charge >= 0.3 is 0 Å².